The maximum absolute atomic E-state index is 13.3. The summed E-state index contributed by atoms with van der Waals surface area (Å²) in [5, 5.41) is 6.94. The molecule has 3 aliphatic rings. The van der Waals surface area contributed by atoms with Crippen LogP contribution in [0.1, 0.15) is 50.6 Å². The average molecular weight is 386 g/mol. The Bertz CT molecular complexity index is 745. The van der Waals surface area contributed by atoms with Gasteiger partial charge in [-0.25, -0.2) is 0 Å². The van der Waals surface area contributed by atoms with Gasteiger partial charge in [0.05, 0.1) is 18.0 Å². The lowest BCUT2D eigenvalue weighted by molar-refractivity contribution is -0.153. The van der Waals surface area contributed by atoms with Crippen molar-refractivity contribution in [2.45, 2.75) is 57.5 Å². The number of nitrogens with one attached hydrogen (secondary N) is 1. The van der Waals surface area contributed by atoms with Gasteiger partial charge in [0, 0.05) is 25.6 Å². The lowest BCUT2D eigenvalue weighted by Gasteiger charge is -2.53. The normalized spacial score (nSPS) is 28.0. The van der Waals surface area contributed by atoms with Crippen LogP contribution in [0, 0.1) is 5.41 Å². The molecule has 1 N–H and O–H groups in total. The topological polar surface area (TPSA) is 78.7 Å². The van der Waals surface area contributed by atoms with E-state index in [0.717, 1.165) is 58.2 Å². The molecule has 3 heterocycles. The second-order valence-corrected chi connectivity index (χ2v) is 8.48. The van der Waals surface area contributed by atoms with E-state index >= 15 is 0 Å². The molecule has 0 bridgehead atoms. The van der Waals surface area contributed by atoms with E-state index in [2.05, 4.69) is 28.5 Å². The zero-order chi connectivity index (χ0) is 19.6. The third-order valence-corrected chi connectivity index (χ3v) is 6.67. The number of carbonyl (C=O) groups is 2. The number of likely N-dealkylation sites (tertiary alicyclic amines) is 2. The Balaban J connectivity index is 1.51. The first-order valence-electron chi connectivity index (χ1n) is 10.4. The lowest BCUT2D eigenvalue weighted by atomic mass is 9.67. The molecule has 0 saturated carbocycles. The molecule has 2 aliphatic heterocycles. The van der Waals surface area contributed by atoms with Gasteiger partial charge in [0.15, 0.2) is 0 Å². The molecule has 0 radical (unpaired) electrons. The Morgan fingerprint density at radius 2 is 2.21 bits per heavy atom. The number of amides is 2. The maximum Gasteiger partial charge on any atom is 0.228 e. The summed E-state index contributed by atoms with van der Waals surface area (Å²) in [5.74, 6) is 0.230. The predicted octanol–water partition coefficient (Wildman–Crippen LogP) is 2.10. The number of aromatic nitrogens is 1. The number of piperidine rings is 2. The van der Waals surface area contributed by atoms with Crippen LogP contribution < -0.4 is 5.32 Å². The van der Waals surface area contributed by atoms with Crippen molar-refractivity contribution in [3.63, 3.8) is 0 Å². The summed E-state index contributed by atoms with van der Waals surface area (Å²) in [7, 11) is 2.08. The van der Waals surface area contributed by atoms with E-state index in [1.165, 1.54) is 11.8 Å². The number of carbonyl (C=O) groups excluding carboxylic acids is 2. The van der Waals surface area contributed by atoms with Crippen LogP contribution in [0.3, 0.4) is 0 Å². The zero-order valence-electron chi connectivity index (χ0n) is 16.7. The van der Waals surface area contributed by atoms with Gasteiger partial charge >= 0.3 is 0 Å². The van der Waals surface area contributed by atoms with E-state index in [0.29, 0.717) is 18.7 Å². The van der Waals surface area contributed by atoms with Crippen LogP contribution in [0.2, 0.25) is 0 Å². The third-order valence-electron chi connectivity index (χ3n) is 6.67. The van der Waals surface area contributed by atoms with Crippen molar-refractivity contribution in [3.8, 4) is 0 Å². The van der Waals surface area contributed by atoms with Crippen molar-refractivity contribution in [1.29, 1.82) is 0 Å². The van der Waals surface area contributed by atoms with Crippen LogP contribution in [0.5, 0.6) is 0 Å². The summed E-state index contributed by atoms with van der Waals surface area (Å²) in [6.45, 7) is 2.74. The number of nitrogens with zero attached hydrogens (tertiary/aromatic N) is 3. The molecule has 1 aliphatic carbocycles. The van der Waals surface area contributed by atoms with Crippen molar-refractivity contribution >= 4 is 11.8 Å². The third kappa shape index (κ3) is 3.72. The molecule has 0 aromatic carbocycles. The summed E-state index contributed by atoms with van der Waals surface area (Å²) >= 11 is 0. The summed E-state index contributed by atoms with van der Waals surface area (Å²) in [6.07, 6.45) is 10.0. The SMILES string of the molecule is CN1CC[C@]2(C(=O)NCc3ccon3)CCCN(C(=O)CC3=CCCC3)[C@H]2C1. The van der Waals surface area contributed by atoms with Crippen molar-refractivity contribution in [3.05, 3.63) is 29.7 Å². The first-order valence-corrected chi connectivity index (χ1v) is 10.4. The van der Waals surface area contributed by atoms with Crippen molar-refractivity contribution < 1.29 is 14.1 Å². The van der Waals surface area contributed by atoms with Crippen molar-refractivity contribution in [2.75, 3.05) is 26.7 Å². The number of rotatable bonds is 5. The molecular formula is C21H30N4O3. The smallest absolute Gasteiger partial charge is 0.228 e. The molecule has 0 spiro atoms. The molecule has 2 fully saturated rings. The van der Waals surface area contributed by atoms with Gasteiger partial charge in [0.2, 0.25) is 11.8 Å². The fourth-order valence-corrected chi connectivity index (χ4v) is 5.07. The molecule has 2 amide bonds. The van der Waals surface area contributed by atoms with Gasteiger partial charge in [0.1, 0.15) is 12.0 Å². The summed E-state index contributed by atoms with van der Waals surface area (Å²) in [5.41, 5.74) is 1.47. The summed E-state index contributed by atoms with van der Waals surface area (Å²) in [6, 6.07) is 1.70. The minimum Gasteiger partial charge on any atom is -0.364 e. The highest BCUT2D eigenvalue weighted by molar-refractivity contribution is 5.86. The lowest BCUT2D eigenvalue weighted by Crippen LogP contribution is -2.66. The van der Waals surface area contributed by atoms with E-state index in [1.54, 1.807) is 6.07 Å². The van der Waals surface area contributed by atoms with Gasteiger partial charge in [-0.3, -0.25) is 9.59 Å². The van der Waals surface area contributed by atoms with Gasteiger partial charge in [-0.05, 0) is 52.1 Å². The minimum absolute atomic E-state index is 0.0474. The molecule has 1 aromatic rings. The van der Waals surface area contributed by atoms with E-state index < -0.39 is 5.41 Å². The number of hydrogen-bond donors (Lipinski definition) is 1. The van der Waals surface area contributed by atoms with Crippen LogP contribution in [0.25, 0.3) is 0 Å². The van der Waals surface area contributed by atoms with Gasteiger partial charge < -0.3 is 19.6 Å². The zero-order valence-corrected chi connectivity index (χ0v) is 16.7. The highest BCUT2D eigenvalue weighted by Gasteiger charge is 2.53. The second kappa shape index (κ2) is 8.07. The van der Waals surface area contributed by atoms with Gasteiger partial charge in [-0.2, -0.15) is 0 Å². The quantitative estimate of drug-likeness (QED) is 0.784. The largest absolute Gasteiger partial charge is 0.364 e. The Morgan fingerprint density at radius 3 is 2.96 bits per heavy atom. The van der Waals surface area contributed by atoms with Crippen LogP contribution in [-0.2, 0) is 16.1 Å². The Kier molecular flexibility index (Phi) is 5.53. The van der Waals surface area contributed by atoms with Gasteiger partial charge in [-0.15, -0.1) is 0 Å². The number of allylic oxidation sites excluding steroid dienone is 1. The maximum atomic E-state index is 13.3. The first-order chi connectivity index (χ1) is 13.6. The molecule has 2 atom stereocenters. The summed E-state index contributed by atoms with van der Waals surface area (Å²) < 4.78 is 4.86. The molecule has 4 rings (SSSR count). The highest BCUT2D eigenvalue weighted by atomic mass is 16.5. The Morgan fingerprint density at radius 1 is 1.32 bits per heavy atom. The molecule has 152 valence electrons. The van der Waals surface area contributed by atoms with Crippen molar-refractivity contribution in [1.82, 2.24) is 20.3 Å². The van der Waals surface area contributed by atoms with Crippen LogP contribution in [0.4, 0.5) is 0 Å². The standard InChI is InChI=1S/C21H30N4O3/c1-24-11-9-21(20(27)22-14-17-7-12-28-23-17)8-4-10-25(18(21)15-24)19(26)13-16-5-2-3-6-16/h5,7,12,18H,2-4,6,8-11,13-15H2,1H3,(H,22,27)/t18-,21+/m0/s1. The predicted molar refractivity (Wildman–Crippen MR) is 104 cm³/mol. The molecule has 0 unspecified atom stereocenters. The van der Waals surface area contributed by atoms with Gasteiger partial charge in [0.25, 0.3) is 0 Å². The fraction of sp³-hybridized carbons (Fsp3) is 0.667. The van der Waals surface area contributed by atoms with E-state index in [-0.39, 0.29) is 17.9 Å². The van der Waals surface area contributed by atoms with Crippen molar-refractivity contribution in [2.24, 2.45) is 5.41 Å². The average Bonchev–Trinajstić information content (AvgIpc) is 3.39. The molecule has 2 saturated heterocycles. The molecule has 28 heavy (non-hydrogen) atoms. The van der Waals surface area contributed by atoms with Crippen LogP contribution in [0.15, 0.2) is 28.5 Å². The number of likely N-dealkylation sites (N-methyl/N-ethyl adjacent to an activating group) is 1. The molecule has 7 heteroatoms. The molecule has 1 aromatic heterocycles. The van der Waals surface area contributed by atoms with E-state index in [1.807, 2.05) is 4.90 Å². The van der Waals surface area contributed by atoms with E-state index in [9.17, 15) is 9.59 Å². The van der Waals surface area contributed by atoms with Gasteiger partial charge in [-0.1, -0.05) is 16.8 Å². The molecule has 7 nitrogen and oxygen atoms in total. The second-order valence-electron chi connectivity index (χ2n) is 8.48. The summed E-state index contributed by atoms with van der Waals surface area (Å²) in [4.78, 5) is 30.7. The van der Waals surface area contributed by atoms with Crippen LogP contribution >= 0.6 is 0 Å². The first kappa shape index (κ1) is 19.2. The van der Waals surface area contributed by atoms with E-state index in [4.69, 9.17) is 4.52 Å². The number of hydrogen-bond acceptors (Lipinski definition) is 5. The van der Waals surface area contributed by atoms with Crippen LogP contribution in [-0.4, -0.2) is 59.5 Å². The molecular weight excluding hydrogens is 356 g/mol. The monoisotopic (exact) mass is 386 g/mol. The number of fused-ring (bicyclic) bond motifs is 1. The Labute approximate surface area is 166 Å². The highest BCUT2D eigenvalue weighted by Crippen LogP contribution is 2.43. The minimum atomic E-state index is -0.506. The Hall–Kier alpha value is -2.15. The fourth-order valence-electron chi connectivity index (χ4n) is 5.07.